The molecule has 25 heavy (non-hydrogen) atoms. The van der Waals surface area contributed by atoms with E-state index in [1.54, 1.807) is 0 Å². The van der Waals surface area contributed by atoms with Crippen LogP contribution in [0.15, 0.2) is 36.5 Å². The number of aryl methyl sites for hydroxylation is 1. The van der Waals surface area contributed by atoms with E-state index in [1.807, 2.05) is 30.5 Å². The minimum atomic E-state index is 0.466. The van der Waals surface area contributed by atoms with Crippen LogP contribution in [0.2, 0.25) is 0 Å². The van der Waals surface area contributed by atoms with Crippen molar-refractivity contribution in [1.82, 2.24) is 15.3 Å². The van der Waals surface area contributed by atoms with Crippen molar-refractivity contribution in [3.8, 4) is 11.3 Å². The quantitative estimate of drug-likeness (QED) is 0.761. The number of anilines is 1. The van der Waals surface area contributed by atoms with Crippen LogP contribution in [-0.4, -0.2) is 29.1 Å². The Morgan fingerprint density at radius 1 is 1.08 bits per heavy atom. The SMILES string of the molecule is Cc1cc(NC2CCNC2)c(-c2cnc3ccccc3n2)c(C)c1C. The lowest BCUT2D eigenvalue weighted by molar-refractivity contribution is 0.793. The Labute approximate surface area is 148 Å². The Morgan fingerprint density at radius 3 is 2.64 bits per heavy atom. The molecule has 2 heterocycles. The van der Waals surface area contributed by atoms with Gasteiger partial charge in [-0.15, -0.1) is 0 Å². The van der Waals surface area contributed by atoms with E-state index in [2.05, 4.69) is 42.5 Å². The highest BCUT2D eigenvalue weighted by Crippen LogP contribution is 2.35. The van der Waals surface area contributed by atoms with E-state index in [0.29, 0.717) is 6.04 Å². The number of rotatable bonds is 3. The van der Waals surface area contributed by atoms with Crippen LogP contribution in [0.4, 0.5) is 5.69 Å². The molecular formula is C21H24N4. The van der Waals surface area contributed by atoms with Gasteiger partial charge in [0, 0.05) is 23.8 Å². The van der Waals surface area contributed by atoms with E-state index in [-0.39, 0.29) is 0 Å². The molecule has 4 rings (SSSR count). The summed E-state index contributed by atoms with van der Waals surface area (Å²) in [7, 11) is 0. The Balaban J connectivity index is 1.86. The molecule has 128 valence electrons. The van der Waals surface area contributed by atoms with Gasteiger partial charge in [-0.2, -0.15) is 0 Å². The number of benzene rings is 2. The van der Waals surface area contributed by atoms with Crippen LogP contribution in [0, 0.1) is 20.8 Å². The van der Waals surface area contributed by atoms with E-state index in [1.165, 1.54) is 27.9 Å². The molecule has 0 aliphatic carbocycles. The highest BCUT2D eigenvalue weighted by Gasteiger charge is 2.19. The van der Waals surface area contributed by atoms with Crippen molar-refractivity contribution in [3.63, 3.8) is 0 Å². The Hall–Kier alpha value is -2.46. The van der Waals surface area contributed by atoms with Crippen LogP contribution in [0.3, 0.4) is 0 Å². The number of nitrogens with one attached hydrogen (secondary N) is 2. The first-order valence-corrected chi connectivity index (χ1v) is 8.93. The summed E-state index contributed by atoms with van der Waals surface area (Å²) in [6, 6.07) is 10.8. The molecule has 0 saturated carbocycles. The summed E-state index contributed by atoms with van der Waals surface area (Å²) in [4.78, 5) is 9.52. The molecule has 1 unspecified atom stereocenters. The molecule has 4 nitrogen and oxygen atoms in total. The first-order valence-electron chi connectivity index (χ1n) is 8.93. The molecule has 4 heteroatoms. The van der Waals surface area contributed by atoms with Crippen molar-refractivity contribution >= 4 is 16.7 Å². The lowest BCUT2D eigenvalue weighted by atomic mass is 9.94. The molecule has 0 bridgehead atoms. The molecule has 1 fully saturated rings. The van der Waals surface area contributed by atoms with Gasteiger partial charge in [-0.25, -0.2) is 4.98 Å². The molecule has 2 aromatic carbocycles. The topological polar surface area (TPSA) is 49.8 Å². The van der Waals surface area contributed by atoms with Crippen molar-refractivity contribution in [3.05, 3.63) is 53.2 Å². The van der Waals surface area contributed by atoms with E-state index in [0.717, 1.165) is 36.2 Å². The number of nitrogens with zero attached hydrogens (tertiary/aromatic N) is 2. The summed E-state index contributed by atoms with van der Waals surface area (Å²) in [5, 5.41) is 7.16. The lowest BCUT2D eigenvalue weighted by Gasteiger charge is -2.21. The standard InChI is InChI=1S/C21H24N4/c1-13-10-19(24-16-8-9-22-11-16)21(15(3)14(13)2)20-12-23-17-6-4-5-7-18(17)25-20/h4-7,10,12,16,22,24H,8-9,11H2,1-3H3. The Morgan fingerprint density at radius 2 is 1.88 bits per heavy atom. The van der Waals surface area contributed by atoms with Gasteiger partial charge in [0.05, 0.1) is 22.9 Å². The Kier molecular flexibility index (Phi) is 4.14. The zero-order valence-electron chi connectivity index (χ0n) is 15.1. The summed E-state index contributed by atoms with van der Waals surface area (Å²) in [6.45, 7) is 8.63. The second-order valence-electron chi connectivity index (χ2n) is 6.94. The molecule has 1 aliphatic heterocycles. The normalized spacial score (nSPS) is 17.2. The largest absolute Gasteiger partial charge is 0.380 e. The van der Waals surface area contributed by atoms with Crippen LogP contribution < -0.4 is 10.6 Å². The monoisotopic (exact) mass is 332 g/mol. The average molecular weight is 332 g/mol. The highest BCUT2D eigenvalue weighted by molar-refractivity contribution is 5.84. The maximum Gasteiger partial charge on any atom is 0.0916 e. The minimum Gasteiger partial charge on any atom is -0.380 e. The molecule has 1 atom stereocenters. The third-order valence-electron chi connectivity index (χ3n) is 5.28. The fourth-order valence-corrected chi connectivity index (χ4v) is 3.60. The molecule has 0 spiro atoms. The molecule has 1 saturated heterocycles. The fourth-order valence-electron chi connectivity index (χ4n) is 3.60. The maximum absolute atomic E-state index is 4.89. The van der Waals surface area contributed by atoms with Gasteiger partial charge in [0.1, 0.15) is 0 Å². The molecular weight excluding hydrogens is 308 g/mol. The van der Waals surface area contributed by atoms with Gasteiger partial charge in [-0.05, 0) is 68.6 Å². The van der Waals surface area contributed by atoms with E-state index >= 15 is 0 Å². The zero-order valence-corrected chi connectivity index (χ0v) is 15.1. The van der Waals surface area contributed by atoms with Crippen LogP contribution in [-0.2, 0) is 0 Å². The van der Waals surface area contributed by atoms with Crippen molar-refractivity contribution < 1.29 is 0 Å². The molecule has 0 radical (unpaired) electrons. The lowest BCUT2D eigenvalue weighted by Crippen LogP contribution is -2.22. The maximum atomic E-state index is 4.89. The summed E-state index contributed by atoms with van der Waals surface area (Å²) < 4.78 is 0. The second kappa shape index (κ2) is 6.45. The summed E-state index contributed by atoms with van der Waals surface area (Å²) in [5.74, 6) is 0. The summed E-state index contributed by atoms with van der Waals surface area (Å²) >= 11 is 0. The van der Waals surface area contributed by atoms with Crippen molar-refractivity contribution in [2.45, 2.75) is 33.2 Å². The summed E-state index contributed by atoms with van der Waals surface area (Å²) in [6.07, 6.45) is 3.05. The fraction of sp³-hybridized carbons (Fsp3) is 0.333. The molecule has 0 amide bonds. The van der Waals surface area contributed by atoms with E-state index in [9.17, 15) is 0 Å². The summed E-state index contributed by atoms with van der Waals surface area (Å²) in [5.41, 5.74) is 9.05. The molecule has 1 aliphatic rings. The van der Waals surface area contributed by atoms with Crippen LogP contribution >= 0.6 is 0 Å². The van der Waals surface area contributed by atoms with Gasteiger partial charge in [-0.3, -0.25) is 4.98 Å². The average Bonchev–Trinajstić information content (AvgIpc) is 3.13. The Bertz CT molecular complexity index is 927. The van der Waals surface area contributed by atoms with Gasteiger partial charge in [0.15, 0.2) is 0 Å². The van der Waals surface area contributed by atoms with Crippen molar-refractivity contribution in [2.75, 3.05) is 18.4 Å². The van der Waals surface area contributed by atoms with Crippen LogP contribution in [0.25, 0.3) is 22.3 Å². The third-order valence-corrected chi connectivity index (χ3v) is 5.28. The van der Waals surface area contributed by atoms with Gasteiger partial charge < -0.3 is 10.6 Å². The van der Waals surface area contributed by atoms with Crippen LogP contribution in [0.5, 0.6) is 0 Å². The zero-order chi connectivity index (χ0) is 17.4. The first kappa shape index (κ1) is 16.0. The number of hydrogen-bond donors (Lipinski definition) is 2. The third kappa shape index (κ3) is 2.98. The second-order valence-corrected chi connectivity index (χ2v) is 6.94. The number of aromatic nitrogens is 2. The first-order chi connectivity index (χ1) is 12.1. The van der Waals surface area contributed by atoms with Gasteiger partial charge in [-0.1, -0.05) is 12.1 Å². The number of fused-ring (bicyclic) bond motifs is 1. The van der Waals surface area contributed by atoms with Gasteiger partial charge in [0.25, 0.3) is 0 Å². The molecule has 3 aromatic rings. The van der Waals surface area contributed by atoms with Gasteiger partial charge >= 0.3 is 0 Å². The van der Waals surface area contributed by atoms with Crippen LogP contribution in [0.1, 0.15) is 23.1 Å². The number of para-hydroxylation sites is 2. The predicted molar refractivity (Wildman–Crippen MR) is 104 cm³/mol. The van der Waals surface area contributed by atoms with Gasteiger partial charge in [0.2, 0.25) is 0 Å². The smallest absolute Gasteiger partial charge is 0.0916 e. The predicted octanol–water partition coefficient (Wildman–Crippen LogP) is 4.00. The van der Waals surface area contributed by atoms with E-state index in [4.69, 9.17) is 4.98 Å². The molecule has 1 aromatic heterocycles. The van der Waals surface area contributed by atoms with Crippen molar-refractivity contribution in [2.24, 2.45) is 0 Å². The number of hydrogen-bond acceptors (Lipinski definition) is 4. The minimum absolute atomic E-state index is 0.466. The highest BCUT2D eigenvalue weighted by atomic mass is 15.0. The molecule has 2 N–H and O–H groups in total. The van der Waals surface area contributed by atoms with Crippen molar-refractivity contribution in [1.29, 1.82) is 0 Å². The van der Waals surface area contributed by atoms with E-state index < -0.39 is 0 Å².